The van der Waals surface area contributed by atoms with E-state index in [1.54, 1.807) is 11.3 Å². The molecular formula is C14H18N2OS. The highest BCUT2D eigenvalue weighted by Gasteiger charge is 2.08. The van der Waals surface area contributed by atoms with Crippen LogP contribution in [0.4, 0.5) is 0 Å². The van der Waals surface area contributed by atoms with Gasteiger partial charge in [0.1, 0.15) is 0 Å². The van der Waals surface area contributed by atoms with Crippen LogP contribution in [0.25, 0.3) is 0 Å². The standard InChI is InChI=1S/C14H18N2OS/c1-11-15-8-14(18-11)9-16-13(10-17)7-12-5-3-2-4-6-12/h2-6,8,13,16-17H,7,9-10H2,1H3/t13-/m1/s1. The molecule has 2 aromatic rings. The van der Waals surface area contributed by atoms with E-state index in [1.165, 1.54) is 10.4 Å². The van der Waals surface area contributed by atoms with Crippen molar-refractivity contribution in [2.75, 3.05) is 6.61 Å². The van der Waals surface area contributed by atoms with Gasteiger partial charge in [0, 0.05) is 23.7 Å². The minimum absolute atomic E-state index is 0.0924. The lowest BCUT2D eigenvalue weighted by atomic mass is 10.1. The molecule has 2 rings (SSSR count). The molecule has 0 amide bonds. The van der Waals surface area contributed by atoms with Gasteiger partial charge in [-0.15, -0.1) is 11.3 Å². The zero-order chi connectivity index (χ0) is 12.8. The summed E-state index contributed by atoms with van der Waals surface area (Å²) >= 11 is 1.69. The first-order chi connectivity index (χ1) is 8.78. The Morgan fingerprint density at radius 2 is 2.11 bits per heavy atom. The number of nitrogens with one attached hydrogen (secondary N) is 1. The number of thiazole rings is 1. The summed E-state index contributed by atoms with van der Waals surface area (Å²) in [7, 11) is 0. The average Bonchev–Trinajstić information content (AvgIpc) is 2.81. The third-order valence-corrected chi connectivity index (χ3v) is 3.69. The Hall–Kier alpha value is -1.23. The Bertz CT molecular complexity index is 470. The minimum Gasteiger partial charge on any atom is -0.395 e. The Labute approximate surface area is 112 Å². The van der Waals surface area contributed by atoms with Crippen molar-refractivity contribution in [3.05, 3.63) is 52.0 Å². The number of benzene rings is 1. The predicted molar refractivity (Wildman–Crippen MR) is 74.7 cm³/mol. The van der Waals surface area contributed by atoms with Crippen LogP contribution < -0.4 is 5.32 Å². The molecule has 0 spiro atoms. The van der Waals surface area contributed by atoms with Gasteiger partial charge >= 0.3 is 0 Å². The van der Waals surface area contributed by atoms with Gasteiger partial charge in [-0.05, 0) is 18.9 Å². The van der Waals surface area contributed by atoms with Gasteiger partial charge in [-0.3, -0.25) is 0 Å². The molecule has 0 fully saturated rings. The lowest BCUT2D eigenvalue weighted by Gasteiger charge is -2.15. The number of aromatic nitrogens is 1. The second-order valence-corrected chi connectivity index (χ2v) is 5.62. The average molecular weight is 262 g/mol. The Morgan fingerprint density at radius 1 is 1.33 bits per heavy atom. The van der Waals surface area contributed by atoms with Crippen molar-refractivity contribution < 1.29 is 5.11 Å². The molecule has 0 saturated carbocycles. The van der Waals surface area contributed by atoms with E-state index in [-0.39, 0.29) is 12.6 Å². The molecule has 18 heavy (non-hydrogen) atoms. The molecule has 3 nitrogen and oxygen atoms in total. The van der Waals surface area contributed by atoms with Crippen LogP contribution in [0.1, 0.15) is 15.4 Å². The molecule has 0 aliphatic carbocycles. The number of aliphatic hydroxyl groups is 1. The van der Waals surface area contributed by atoms with Crippen LogP contribution in [-0.4, -0.2) is 22.7 Å². The lowest BCUT2D eigenvalue weighted by Crippen LogP contribution is -2.33. The van der Waals surface area contributed by atoms with Gasteiger partial charge in [0.2, 0.25) is 0 Å². The topological polar surface area (TPSA) is 45.2 Å². The maximum atomic E-state index is 9.40. The number of rotatable bonds is 6. The largest absolute Gasteiger partial charge is 0.395 e. The summed E-state index contributed by atoms with van der Waals surface area (Å²) in [6.45, 7) is 2.91. The van der Waals surface area contributed by atoms with Crippen molar-refractivity contribution in [1.29, 1.82) is 0 Å². The van der Waals surface area contributed by atoms with Gasteiger partial charge in [-0.1, -0.05) is 30.3 Å². The maximum Gasteiger partial charge on any atom is 0.0897 e. The molecule has 2 N–H and O–H groups in total. The van der Waals surface area contributed by atoms with Crippen molar-refractivity contribution in [1.82, 2.24) is 10.3 Å². The zero-order valence-electron chi connectivity index (χ0n) is 10.5. The lowest BCUT2D eigenvalue weighted by molar-refractivity contribution is 0.241. The van der Waals surface area contributed by atoms with Crippen LogP contribution in [0.3, 0.4) is 0 Å². The van der Waals surface area contributed by atoms with Crippen LogP contribution in [0, 0.1) is 6.92 Å². The first-order valence-corrected chi connectivity index (χ1v) is 6.89. The first-order valence-electron chi connectivity index (χ1n) is 6.07. The number of nitrogens with zero attached hydrogens (tertiary/aromatic N) is 1. The van der Waals surface area contributed by atoms with Gasteiger partial charge in [-0.25, -0.2) is 4.98 Å². The summed E-state index contributed by atoms with van der Waals surface area (Å²) in [6, 6.07) is 10.3. The van der Waals surface area contributed by atoms with Gasteiger partial charge in [0.25, 0.3) is 0 Å². The van der Waals surface area contributed by atoms with Crippen molar-refractivity contribution in [3.63, 3.8) is 0 Å². The summed E-state index contributed by atoms with van der Waals surface area (Å²) in [4.78, 5) is 5.43. The summed E-state index contributed by atoms with van der Waals surface area (Å²) in [5, 5.41) is 13.8. The summed E-state index contributed by atoms with van der Waals surface area (Å²) in [5.41, 5.74) is 1.24. The molecule has 96 valence electrons. The van der Waals surface area contributed by atoms with Crippen LogP contribution in [0.2, 0.25) is 0 Å². The number of aryl methyl sites for hydroxylation is 1. The summed E-state index contributed by atoms with van der Waals surface area (Å²) < 4.78 is 0. The quantitative estimate of drug-likeness (QED) is 0.838. The van der Waals surface area contributed by atoms with Gasteiger partial charge in [-0.2, -0.15) is 0 Å². The SMILES string of the molecule is Cc1ncc(CN[C@@H](CO)Cc2ccccc2)s1. The minimum atomic E-state index is 0.0924. The molecule has 1 atom stereocenters. The molecule has 0 radical (unpaired) electrons. The number of hydrogen-bond acceptors (Lipinski definition) is 4. The van der Waals surface area contributed by atoms with Crippen molar-refractivity contribution in [3.8, 4) is 0 Å². The van der Waals surface area contributed by atoms with Crippen molar-refractivity contribution in [2.45, 2.75) is 25.9 Å². The third-order valence-electron chi connectivity index (χ3n) is 2.78. The first kappa shape index (κ1) is 13.2. The highest BCUT2D eigenvalue weighted by molar-refractivity contribution is 7.11. The Balaban J connectivity index is 1.86. The Morgan fingerprint density at radius 3 is 2.72 bits per heavy atom. The fourth-order valence-electron chi connectivity index (χ4n) is 1.83. The van der Waals surface area contributed by atoms with E-state index in [4.69, 9.17) is 0 Å². The van der Waals surface area contributed by atoms with Crippen LogP contribution in [0.15, 0.2) is 36.5 Å². The zero-order valence-corrected chi connectivity index (χ0v) is 11.3. The van der Waals surface area contributed by atoms with E-state index in [1.807, 2.05) is 31.3 Å². The van der Waals surface area contributed by atoms with Crippen LogP contribution in [0.5, 0.6) is 0 Å². The highest BCUT2D eigenvalue weighted by atomic mass is 32.1. The smallest absolute Gasteiger partial charge is 0.0897 e. The number of aliphatic hydroxyl groups excluding tert-OH is 1. The summed E-state index contributed by atoms with van der Waals surface area (Å²) in [6.07, 6.45) is 2.74. The predicted octanol–water partition coefficient (Wildman–Crippen LogP) is 2.14. The molecule has 0 aliphatic rings. The molecule has 4 heteroatoms. The number of hydrogen-bond donors (Lipinski definition) is 2. The van der Waals surface area contributed by atoms with Gasteiger partial charge < -0.3 is 10.4 Å². The fourth-order valence-corrected chi connectivity index (χ4v) is 2.58. The molecule has 0 aliphatic heterocycles. The van der Waals surface area contributed by atoms with E-state index in [9.17, 15) is 5.11 Å². The third kappa shape index (κ3) is 3.91. The van der Waals surface area contributed by atoms with E-state index >= 15 is 0 Å². The molecule has 1 aromatic carbocycles. The molecule has 1 aromatic heterocycles. The normalized spacial score (nSPS) is 12.6. The molecule has 0 bridgehead atoms. The Kier molecular flexibility index (Phi) is 4.87. The molecule has 0 unspecified atom stereocenters. The van der Waals surface area contributed by atoms with Crippen LogP contribution >= 0.6 is 11.3 Å². The summed E-state index contributed by atoms with van der Waals surface area (Å²) in [5.74, 6) is 0. The highest BCUT2D eigenvalue weighted by Crippen LogP contribution is 2.11. The molecule has 0 saturated heterocycles. The monoisotopic (exact) mass is 262 g/mol. The van der Waals surface area contributed by atoms with E-state index in [0.717, 1.165) is 18.0 Å². The molecular weight excluding hydrogens is 244 g/mol. The van der Waals surface area contributed by atoms with E-state index in [2.05, 4.69) is 22.4 Å². The molecule has 1 heterocycles. The second kappa shape index (κ2) is 6.64. The van der Waals surface area contributed by atoms with Crippen molar-refractivity contribution in [2.24, 2.45) is 0 Å². The van der Waals surface area contributed by atoms with E-state index < -0.39 is 0 Å². The van der Waals surface area contributed by atoms with E-state index in [0.29, 0.717) is 0 Å². The van der Waals surface area contributed by atoms with Gasteiger partial charge in [0.05, 0.1) is 11.6 Å². The maximum absolute atomic E-state index is 9.40. The van der Waals surface area contributed by atoms with Gasteiger partial charge in [0.15, 0.2) is 0 Å². The van der Waals surface area contributed by atoms with Crippen molar-refractivity contribution >= 4 is 11.3 Å². The second-order valence-electron chi connectivity index (χ2n) is 4.30. The fraction of sp³-hybridized carbons (Fsp3) is 0.357. The van der Waals surface area contributed by atoms with Crippen LogP contribution in [-0.2, 0) is 13.0 Å².